The van der Waals surface area contributed by atoms with Gasteiger partial charge >= 0.3 is 0 Å². The van der Waals surface area contributed by atoms with Gasteiger partial charge in [-0.1, -0.05) is 26.0 Å². The molecule has 1 N–H and O–H groups in total. The van der Waals surface area contributed by atoms with Gasteiger partial charge in [-0.15, -0.1) is 0 Å². The van der Waals surface area contributed by atoms with Gasteiger partial charge in [0.1, 0.15) is 0 Å². The number of amides is 1. The average molecular weight is 441 g/mol. The summed E-state index contributed by atoms with van der Waals surface area (Å²) in [5.41, 5.74) is 1.67. The Bertz CT molecular complexity index is 842. The van der Waals surface area contributed by atoms with Crippen molar-refractivity contribution in [2.75, 3.05) is 14.1 Å². The highest BCUT2D eigenvalue weighted by molar-refractivity contribution is 6.04. The zero-order valence-corrected chi connectivity index (χ0v) is 21.3. The molecule has 0 aromatic heterocycles. The standard InChI is InChI=1S/C28H44N2O2/c1-8-17(2)26(32)29-24-14-16-28(5)22-13-15-27(4)20(18(3)30(6)7)11-12-21(27)19(22)9-10-23(28)25(24)31/h8,14,18-23H,9-13,15-16H2,1-7H3,(H,29,32)/b17-8+/t18-,19-,20+,21+,22-,23-,27+,28+/m0/s1. The molecule has 3 saturated carbocycles. The predicted octanol–water partition coefficient (Wildman–Crippen LogP) is 5.35. The third kappa shape index (κ3) is 3.52. The van der Waals surface area contributed by atoms with E-state index in [1.165, 1.54) is 32.1 Å². The van der Waals surface area contributed by atoms with Gasteiger partial charge in [0, 0.05) is 17.5 Å². The maximum absolute atomic E-state index is 13.5. The van der Waals surface area contributed by atoms with E-state index in [1.807, 2.05) is 13.0 Å². The molecule has 0 aromatic rings. The van der Waals surface area contributed by atoms with Crippen LogP contribution >= 0.6 is 0 Å². The number of carbonyl (C=O) groups excluding carboxylic acids is 2. The van der Waals surface area contributed by atoms with Crippen LogP contribution in [0.25, 0.3) is 0 Å². The molecular weight excluding hydrogens is 396 g/mol. The highest BCUT2D eigenvalue weighted by Gasteiger charge is 2.61. The topological polar surface area (TPSA) is 49.4 Å². The zero-order valence-electron chi connectivity index (χ0n) is 21.3. The first kappa shape index (κ1) is 23.7. The van der Waals surface area contributed by atoms with Crippen molar-refractivity contribution < 1.29 is 9.59 Å². The molecule has 32 heavy (non-hydrogen) atoms. The number of nitrogens with one attached hydrogen (secondary N) is 1. The van der Waals surface area contributed by atoms with Crippen LogP contribution in [0.15, 0.2) is 23.4 Å². The number of hydrogen-bond donors (Lipinski definition) is 1. The van der Waals surface area contributed by atoms with Gasteiger partial charge in [0.15, 0.2) is 5.78 Å². The summed E-state index contributed by atoms with van der Waals surface area (Å²) in [5.74, 6) is 3.03. The summed E-state index contributed by atoms with van der Waals surface area (Å²) >= 11 is 0. The van der Waals surface area contributed by atoms with Crippen LogP contribution in [0.3, 0.4) is 0 Å². The van der Waals surface area contributed by atoms with Crippen molar-refractivity contribution in [1.82, 2.24) is 10.2 Å². The third-order valence-electron chi connectivity index (χ3n) is 10.7. The molecule has 0 radical (unpaired) electrons. The van der Waals surface area contributed by atoms with Crippen LogP contribution in [0.4, 0.5) is 0 Å². The Morgan fingerprint density at radius 3 is 2.47 bits per heavy atom. The number of fused-ring (bicyclic) bond motifs is 5. The fourth-order valence-corrected chi connectivity index (χ4v) is 8.45. The molecule has 4 heteroatoms. The lowest BCUT2D eigenvalue weighted by Gasteiger charge is -2.60. The van der Waals surface area contributed by atoms with Crippen LogP contribution < -0.4 is 5.32 Å². The first-order valence-electron chi connectivity index (χ1n) is 12.9. The molecule has 8 atom stereocenters. The number of allylic oxidation sites excluding steroid dienone is 3. The minimum Gasteiger partial charge on any atom is -0.319 e. The molecule has 0 aromatic carbocycles. The first-order chi connectivity index (χ1) is 15.0. The normalized spacial score (nSPS) is 42.6. The minimum absolute atomic E-state index is 0.0381. The predicted molar refractivity (Wildman–Crippen MR) is 130 cm³/mol. The Morgan fingerprint density at radius 2 is 1.81 bits per heavy atom. The van der Waals surface area contributed by atoms with Crippen LogP contribution in [-0.2, 0) is 9.59 Å². The summed E-state index contributed by atoms with van der Waals surface area (Å²) in [6, 6.07) is 0.625. The summed E-state index contributed by atoms with van der Waals surface area (Å²) in [5, 5.41) is 2.91. The molecule has 4 nitrogen and oxygen atoms in total. The fourth-order valence-electron chi connectivity index (χ4n) is 8.45. The fraction of sp³-hybridized carbons (Fsp3) is 0.786. The van der Waals surface area contributed by atoms with Crippen molar-refractivity contribution in [3.05, 3.63) is 23.4 Å². The number of rotatable bonds is 4. The summed E-state index contributed by atoms with van der Waals surface area (Å²) < 4.78 is 0. The average Bonchev–Trinajstić information content (AvgIpc) is 3.11. The summed E-state index contributed by atoms with van der Waals surface area (Å²) in [6.45, 7) is 11.0. The molecule has 4 aliphatic rings. The van der Waals surface area contributed by atoms with Crippen molar-refractivity contribution in [3.8, 4) is 0 Å². The molecule has 1 amide bonds. The van der Waals surface area contributed by atoms with Crippen molar-refractivity contribution in [2.45, 2.75) is 85.6 Å². The Morgan fingerprint density at radius 1 is 1.12 bits per heavy atom. The van der Waals surface area contributed by atoms with E-state index in [2.05, 4.69) is 45.1 Å². The number of carbonyl (C=O) groups is 2. The van der Waals surface area contributed by atoms with Gasteiger partial charge in [-0.3, -0.25) is 9.59 Å². The van der Waals surface area contributed by atoms with E-state index in [9.17, 15) is 9.59 Å². The van der Waals surface area contributed by atoms with Crippen LogP contribution in [0, 0.1) is 40.4 Å². The van der Waals surface area contributed by atoms with Crippen molar-refractivity contribution in [1.29, 1.82) is 0 Å². The SMILES string of the molecule is C/C=C(\C)C(=O)NC1=CC[C@@]2(C)[C@@H](CC[C@H]3[C@H]4CC[C@H]([C@H](C)N(C)C)[C@@]4(C)CC[C@@H]32)C1=O. The smallest absolute Gasteiger partial charge is 0.251 e. The van der Waals surface area contributed by atoms with E-state index in [0.717, 1.165) is 30.6 Å². The Hall–Kier alpha value is -1.42. The molecule has 0 bridgehead atoms. The maximum atomic E-state index is 13.5. The van der Waals surface area contributed by atoms with E-state index < -0.39 is 0 Å². The lowest BCUT2D eigenvalue weighted by Crippen LogP contribution is -2.56. The van der Waals surface area contributed by atoms with Gasteiger partial charge in [-0.25, -0.2) is 0 Å². The third-order valence-corrected chi connectivity index (χ3v) is 10.7. The molecule has 0 saturated heterocycles. The second-order valence-corrected chi connectivity index (χ2v) is 12.1. The maximum Gasteiger partial charge on any atom is 0.251 e. The summed E-state index contributed by atoms with van der Waals surface area (Å²) in [4.78, 5) is 28.3. The molecule has 0 heterocycles. The van der Waals surface area contributed by atoms with Crippen molar-refractivity contribution >= 4 is 11.7 Å². The molecule has 0 unspecified atom stereocenters. The van der Waals surface area contributed by atoms with Gasteiger partial charge < -0.3 is 10.2 Å². The molecule has 3 fully saturated rings. The molecule has 0 aliphatic heterocycles. The minimum atomic E-state index is -0.148. The monoisotopic (exact) mass is 440 g/mol. The van der Waals surface area contributed by atoms with E-state index in [1.54, 1.807) is 13.0 Å². The zero-order chi connectivity index (χ0) is 23.4. The van der Waals surface area contributed by atoms with E-state index >= 15 is 0 Å². The van der Waals surface area contributed by atoms with Crippen molar-refractivity contribution in [2.24, 2.45) is 40.4 Å². The van der Waals surface area contributed by atoms with Crippen LogP contribution in [0.1, 0.15) is 79.6 Å². The molecule has 0 spiro atoms. The molecule has 4 aliphatic carbocycles. The Kier molecular flexibility index (Phi) is 6.24. The number of ketones is 1. The van der Waals surface area contributed by atoms with E-state index in [0.29, 0.717) is 28.6 Å². The van der Waals surface area contributed by atoms with Gasteiger partial charge in [0.25, 0.3) is 5.91 Å². The van der Waals surface area contributed by atoms with E-state index in [-0.39, 0.29) is 23.0 Å². The summed E-state index contributed by atoms with van der Waals surface area (Å²) in [6.07, 6.45) is 12.2. The Labute approximate surface area is 195 Å². The second-order valence-electron chi connectivity index (χ2n) is 12.1. The lowest BCUT2D eigenvalue weighted by atomic mass is 9.45. The first-order valence-corrected chi connectivity index (χ1v) is 12.9. The second kappa shape index (κ2) is 8.42. The number of Topliss-reactive ketones (excluding diaryl/α,β-unsaturated/α-hetero) is 1. The van der Waals surface area contributed by atoms with Crippen LogP contribution in [0.5, 0.6) is 0 Å². The van der Waals surface area contributed by atoms with Crippen LogP contribution in [0.2, 0.25) is 0 Å². The quantitative estimate of drug-likeness (QED) is 0.600. The van der Waals surface area contributed by atoms with Gasteiger partial charge in [0.05, 0.1) is 5.70 Å². The van der Waals surface area contributed by atoms with E-state index in [4.69, 9.17) is 0 Å². The van der Waals surface area contributed by atoms with Crippen LogP contribution in [-0.4, -0.2) is 36.7 Å². The molecule has 178 valence electrons. The largest absolute Gasteiger partial charge is 0.319 e. The molecular formula is C28H44N2O2. The molecule has 4 rings (SSSR count). The highest BCUT2D eigenvalue weighted by Crippen LogP contribution is 2.67. The number of hydrogen-bond acceptors (Lipinski definition) is 3. The Balaban J connectivity index is 1.56. The lowest BCUT2D eigenvalue weighted by molar-refractivity contribution is -0.141. The van der Waals surface area contributed by atoms with Gasteiger partial charge in [-0.2, -0.15) is 0 Å². The highest BCUT2D eigenvalue weighted by atomic mass is 16.2. The summed E-state index contributed by atoms with van der Waals surface area (Å²) in [7, 11) is 4.46. The van der Waals surface area contributed by atoms with Gasteiger partial charge in [0.2, 0.25) is 0 Å². The van der Waals surface area contributed by atoms with Crippen molar-refractivity contribution in [3.63, 3.8) is 0 Å². The number of nitrogens with zero attached hydrogens (tertiary/aromatic N) is 1. The van der Waals surface area contributed by atoms with Gasteiger partial charge in [-0.05, 0) is 114 Å².